The minimum atomic E-state index is -1.78. The largest absolute Gasteiger partial charge is 0.378 e. The summed E-state index contributed by atoms with van der Waals surface area (Å²) in [5.41, 5.74) is 1.24. The second kappa shape index (κ2) is 9.89. The Morgan fingerprint density at radius 1 is 0.889 bits per heavy atom. The molecule has 0 saturated heterocycles. The number of aromatic nitrogens is 4. The third-order valence-corrected chi connectivity index (χ3v) is 5.99. The zero-order chi connectivity index (χ0) is 25.0. The van der Waals surface area contributed by atoms with Crippen molar-refractivity contribution in [1.82, 2.24) is 25.5 Å². The molecule has 0 spiro atoms. The molecule has 36 heavy (non-hydrogen) atoms. The fourth-order valence-electron chi connectivity index (χ4n) is 4.16. The van der Waals surface area contributed by atoms with Crippen molar-refractivity contribution < 1.29 is 14.3 Å². The maximum Gasteiger partial charge on any atom is 0.269 e. The van der Waals surface area contributed by atoms with Crippen molar-refractivity contribution in [3.05, 3.63) is 138 Å². The lowest BCUT2D eigenvalue weighted by atomic mass is 9.78. The standard InChI is InChI=1S/C28H22FN5O2/c29-23-12-10-20(11-13-23)26(28(36,21-8-4-14-30-17-21)22-9-5-15-31-18-22)32-27(35)25-16-24(33-34-25)19-6-2-1-3-7-19/h1-18,26,36H,(H,32,35)(H,33,34)/t26-/m1/s1. The zero-order valence-electron chi connectivity index (χ0n) is 19.0. The van der Waals surface area contributed by atoms with Crippen LogP contribution in [0.3, 0.4) is 0 Å². The van der Waals surface area contributed by atoms with Gasteiger partial charge in [-0.2, -0.15) is 5.10 Å². The Labute approximate surface area is 206 Å². The van der Waals surface area contributed by atoms with Crippen molar-refractivity contribution >= 4 is 5.91 Å². The summed E-state index contributed by atoms with van der Waals surface area (Å²) in [6.45, 7) is 0. The Balaban J connectivity index is 1.59. The number of carbonyl (C=O) groups excluding carboxylic acids is 1. The van der Waals surface area contributed by atoms with Crippen LogP contribution < -0.4 is 5.32 Å². The zero-order valence-corrected chi connectivity index (χ0v) is 19.0. The van der Waals surface area contributed by atoms with E-state index in [1.54, 1.807) is 42.7 Å². The average Bonchev–Trinajstić information content (AvgIpc) is 3.44. The number of carbonyl (C=O) groups is 1. The number of nitrogens with zero attached hydrogens (tertiary/aromatic N) is 3. The van der Waals surface area contributed by atoms with E-state index in [1.165, 1.54) is 36.7 Å². The molecule has 5 aromatic rings. The van der Waals surface area contributed by atoms with Gasteiger partial charge in [-0.15, -0.1) is 0 Å². The Kier molecular flexibility index (Phi) is 6.34. The Morgan fingerprint density at radius 3 is 2.11 bits per heavy atom. The van der Waals surface area contributed by atoms with Gasteiger partial charge in [-0.3, -0.25) is 19.9 Å². The summed E-state index contributed by atoms with van der Waals surface area (Å²) >= 11 is 0. The van der Waals surface area contributed by atoms with Crippen molar-refractivity contribution in [2.75, 3.05) is 0 Å². The third kappa shape index (κ3) is 4.49. The molecule has 0 aliphatic heterocycles. The van der Waals surface area contributed by atoms with Crippen LogP contribution in [0.25, 0.3) is 11.3 Å². The number of hydrogen-bond acceptors (Lipinski definition) is 5. The third-order valence-electron chi connectivity index (χ3n) is 5.99. The topological polar surface area (TPSA) is 104 Å². The summed E-state index contributed by atoms with van der Waals surface area (Å²) in [6.07, 6.45) is 6.24. The van der Waals surface area contributed by atoms with Gasteiger partial charge in [0.2, 0.25) is 0 Å². The van der Waals surface area contributed by atoms with E-state index in [-0.39, 0.29) is 5.69 Å². The van der Waals surface area contributed by atoms with Gasteiger partial charge in [0.25, 0.3) is 5.91 Å². The predicted molar refractivity (Wildman–Crippen MR) is 132 cm³/mol. The second-order valence-corrected chi connectivity index (χ2v) is 8.24. The van der Waals surface area contributed by atoms with Gasteiger partial charge < -0.3 is 10.4 Å². The summed E-state index contributed by atoms with van der Waals surface area (Å²) < 4.78 is 13.8. The van der Waals surface area contributed by atoms with Crippen LogP contribution in [0.2, 0.25) is 0 Å². The van der Waals surface area contributed by atoms with Crippen LogP contribution in [0.1, 0.15) is 33.2 Å². The van der Waals surface area contributed by atoms with Gasteiger partial charge in [0.15, 0.2) is 0 Å². The van der Waals surface area contributed by atoms with Crippen LogP contribution in [-0.2, 0) is 5.60 Å². The van der Waals surface area contributed by atoms with E-state index in [0.717, 1.165) is 5.56 Å². The van der Waals surface area contributed by atoms with Gasteiger partial charge in [0.1, 0.15) is 17.1 Å². The molecule has 0 aliphatic rings. The fraction of sp³-hybridized carbons (Fsp3) is 0.0714. The van der Waals surface area contributed by atoms with Gasteiger partial charge in [-0.1, -0.05) is 54.6 Å². The molecule has 0 radical (unpaired) electrons. The molecule has 8 heteroatoms. The molecule has 7 nitrogen and oxygen atoms in total. The predicted octanol–water partition coefficient (Wildman–Crippen LogP) is 4.41. The van der Waals surface area contributed by atoms with Crippen molar-refractivity contribution in [3.63, 3.8) is 0 Å². The Morgan fingerprint density at radius 2 is 1.53 bits per heavy atom. The first kappa shape index (κ1) is 23.1. The summed E-state index contributed by atoms with van der Waals surface area (Å²) in [5, 5.41) is 22.3. The Hall–Kier alpha value is -4.69. The molecule has 3 heterocycles. The first-order chi connectivity index (χ1) is 17.6. The lowest BCUT2D eigenvalue weighted by Crippen LogP contribution is -2.45. The van der Waals surface area contributed by atoms with E-state index in [0.29, 0.717) is 22.4 Å². The van der Waals surface area contributed by atoms with E-state index >= 15 is 0 Å². The van der Waals surface area contributed by atoms with E-state index in [9.17, 15) is 14.3 Å². The first-order valence-electron chi connectivity index (χ1n) is 11.3. The molecule has 178 valence electrons. The van der Waals surface area contributed by atoms with Crippen LogP contribution in [0.15, 0.2) is 110 Å². The van der Waals surface area contributed by atoms with Crippen LogP contribution in [0, 0.1) is 5.82 Å². The van der Waals surface area contributed by atoms with Crippen molar-refractivity contribution in [2.24, 2.45) is 0 Å². The molecular formula is C28H22FN5O2. The van der Waals surface area contributed by atoms with Gasteiger partial charge >= 0.3 is 0 Å². The monoisotopic (exact) mass is 479 g/mol. The molecular weight excluding hydrogens is 457 g/mol. The maximum absolute atomic E-state index is 13.8. The fourth-order valence-corrected chi connectivity index (χ4v) is 4.16. The molecule has 0 unspecified atom stereocenters. The molecule has 0 saturated carbocycles. The van der Waals surface area contributed by atoms with Gasteiger partial charge in [0, 0.05) is 41.5 Å². The molecule has 1 amide bonds. The molecule has 0 bridgehead atoms. The van der Waals surface area contributed by atoms with Crippen LogP contribution in [0.5, 0.6) is 0 Å². The average molecular weight is 480 g/mol. The normalized spacial score (nSPS) is 12.2. The number of H-pyrrole nitrogens is 1. The summed E-state index contributed by atoms with van der Waals surface area (Å²) in [4.78, 5) is 21.8. The SMILES string of the molecule is O=C(N[C@H](c1ccc(F)cc1)C(O)(c1cccnc1)c1cccnc1)c1cc(-c2ccccc2)n[nH]1. The highest BCUT2D eigenvalue weighted by atomic mass is 19.1. The lowest BCUT2D eigenvalue weighted by Gasteiger charge is -2.37. The quantitative estimate of drug-likeness (QED) is 0.321. The highest BCUT2D eigenvalue weighted by Gasteiger charge is 2.43. The number of rotatable bonds is 7. The number of nitrogens with one attached hydrogen (secondary N) is 2. The van der Waals surface area contributed by atoms with Crippen molar-refractivity contribution in [2.45, 2.75) is 11.6 Å². The molecule has 3 aromatic heterocycles. The number of pyridine rings is 2. The van der Waals surface area contributed by atoms with Crippen LogP contribution in [0.4, 0.5) is 4.39 Å². The molecule has 0 fully saturated rings. The molecule has 0 aliphatic carbocycles. The second-order valence-electron chi connectivity index (χ2n) is 8.24. The van der Waals surface area contributed by atoms with E-state index in [4.69, 9.17) is 0 Å². The number of halogens is 1. The number of aliphatic hydroxyl groups is 1. The summed E-state index contributed by atoms with van der Waals surface area (Å²) in [7, 11) is 0. The van der Waals surface area contributed by atoms with Gasteiger partial charge in [-0.05, 0) is 35.9 Å². The van der Waals surface area contributed by atoms with Crippen LogP contribution >= 0.6 is 0 Å². The van der Waals surface area contributed by atoms with Crippen molar-refractivity contribution in [3.8, 4) is 11.3 Å². The number of hydrogen-bond donors (Lipinski definition) is 3. The minimum Gasteiger partial charge on any atom is -0.378 e. The molecule has 3 N–H and O–H groups in total. The number of benzene rings is 2. The first-order valence-corrected chi connectivity index (χ1v) is 11.3. The number of amides is 1. The van der Waals surface area contributed by atoms with Crippen LogP contribution in [-0.4, -0.2) is 31.2 Å². The lowest BCUT2D eigenvalue weighted by molar-refractivity contribution is 0.0330. The molecule has 5 rings (SSSR count). The minimum absolute atomic E-state index is 0.209. The van der Waals surface area contributed by atoms with E-state index < -0.39 is 23.4 Å². The molecule has 2 aromatic carbocycles. The molecule has 1 atom stereocenters. The van der Waals surface area contributed by atoms with E-state index in [1.807, 2.05) is 30.3 Å². The van der Waals surface area contributed by atoms with Gasteiger partial charge in [0.05, 0.1) is 11.7 Å². The summed E-state index contributed by atoms with van der Waals surface area (Å²) in [5.74, 6) is -0.929. The maximum atomic E-state index is 13.8. The Bertz CT molecular complexity index is 1400. The highest BCUT2D eigenvalue weighted by Crippen LogP contribution is 2.41. The smallest absolute Gasteiger partial charge is 0.269 e. The van der Waals surface area contributed by atoms with E-state index in [2.05, 4.69) is 25.5 Å². The number of aromatic amines is 1. The van der Waals surface area contributed by atoms with Gasteiger partial charge in [-0.25, -0.2) is 4.39 Å². The van der Waals surface area contributed by atoms with Crippen molar-refractivity contribution in [1.29, 1.82) is 0 Å². The summed E-state index contributed by atoms with van der Waals surface area (Å²) in [6, 6.07) is 22.5. The highest BCUT2D eigenvalue weighted by molar-refractivity contribution is 5.93.